The minimum absolute atomic E-state index is 0.0827. The third-order valence-corrected chi connectivity index (χ3v) is 6.54. The number of ether oxygens (including phenoxy) is 2. The lowest BCUT2D eigenvalue weighted by Crippen LogP contribution is -2.38. The molecule has 0 saturated carbocycles. The monoisotopic (exact) mass is 476 g/mol. The van der Waals surface area contributed by atoms with Crippen LogP contribution in [-0.4, -0.2) is 59.4 Å². The molecule has 3 aromatic rings. The first-order valence-electron chi connectivity index (χ1n) is 11.7. The van der Waals surface area contributed by atoms with Crippen LogP contribution in [0.4, 0.5) is 0 Å². The predicted octanol–water partition coefficient (Wildman–Crippen LogP) is 2.97. The molecule has 0 unspecified atom stereocenters. The molecule has 1 amide bonds. The third kappa shape index (κ3) is 5.54. The maximum absolute atomic E-state index is 13.0. The molecule has 2 atom stereocenters. The predicted molar refractivity (Wildman–Crippen MR) is 132 cm³/mol. The van der Waals surface area contributed by atoms with Crippen molar-refractivity contribution < 1.29 is 19.1 Å². The van der Waals surface area contributed by atoms with Crippen LogP contribution in [0.3, 0.4) is 0 Å². The fourth-order valence-electron chi connectivity index (χ4n) is 4.76. The Morgan fingerprint density at radius 3 is 2.57 bits per heavy atom. The van der Waals surface area contributed by atoms with Crippen molar-refractivity contribution in [3.8, 4) is 11.4 Å². The minimum Gasteiger partial charge on any atom is -0.497 e. The van der Waals surface area contributed by atoms with Crippen LogP contribution in [0.5, 0.6) is 5.75 Å². The SMILES string of the molecule is COC(=O)[C@@H]1C[C@@H](NC(=O)Cc2c(C)nn(-c3ccccc3)c2C)CN1Cc1cccc(OC)c1. The molecule has 8 heteroatoms. The molecule has 0 bridgehead atoms. The fourth-order valence-corrected chi connectivity index (χ4v) is 4.76. The Morgan fingerprint density at radius 2 is 1.86 bits per heavy atom. The molecular formula is C27H32N4O4. The first-order chi connectivity index (χ1) is 16.9. The average molecular weight is 477 g/mol. The van der Waals surface area contributed by atoms with E-state index in [1.165, 1.54) is 7.11 Å². The molecule has 35 heavy (non-hydrogen) atoms. The third-order valence-electron chi connectivity index (χ3n) is 6.54. The topological polar surface area (TPSA) is 85.7 Å². The number of nitrogens with zero attached hydrogens (tertiary/aromatic N) is 3. The summed E-state index contributed by atoms with van der Waals surface area (Å²) in [6, 6.07) is 17.1. The number of esters is 1. The molecule has 184 valence electrons. The van der Waals surface area contributed by atoms with E-state index in [9.17, 15) is 9.59 Å². The smallest absolute Gasteiger partial charge is 0.323 e. The van der Waals surface area contributed by atoms with E-state index in [4.69, 9.17) is 9.47 Å². The number of likely N-dealkylation sites (tertiary alicyclic amines) is 1. The second kappa shape index (κ2) is 10.7. The molecule has 0 radical (unpaired) electrons. The molecule has 1 aromatic heterocycles. The van der Waals surface area contributed by atoms with E-state index in [-0.39, 0.29) is 24.3 Å². The first kappa shape index (κ1) is 24.5. The van der Waals surface area contributed by atoms with Crippen molar-refractivity contribution in [1.82, 2.24) is 20.0 Å². The van der Waals surface area contributed by atoms with Crippen LogP contribution in [-0.2, 0) is 27.3 Å². The largest absolute Gasteiger partial charge is 0.497 e. The molecule has 1 aliphatic heterocycles. The van der Waals surface area contributed by atoms with Crippen molar-refractivity contribution in [3.63, 3.8) is 0 Å². The zero-order valence-electron chi connectivity index (χ0n) is 20.7. The molecule has 8 nitrogen and oxygen atoms in total. The van der Waals surface area contributed by atoms with Gasteiger partial charge in [0, 0.05) is 30.4 Å². The molecular weight excluding hydrogens is 444 g/mol. The van der Waals surface area contributed by atoms with E-state index in [2.05, 4.69) is 15.3 Å². The number of nitrogens with one attached hydrogen (secondary N) is 1. The normalized spacial score (nSPS) is 17.8. The summed E-state index contributed by atoms with van der Waals surface area (Å²) < 4.78 is 12.2. The summed E-state index contributed by atoms with van der Waals surface area (Å²) in [7, 11) is 3.03. The summed E-state index contributed by atoms with van der Waals surface area (Å²) >= 11 is 0. The Balaban J connectivity index is 1.44. The summed E-state index contributed by atoms with van der Waals surface area (Å²) in [5.74, 6) is 0.393. The number of methoxy groups -OCH3 is 2. The van der Waals surface area contributed by atoms with Gasteiger partial charge in [0.05, 0.1) is 32.0 Å². The van der Waals surface area contributed by atoms with Gasteiger partial charge in [-0.05, 0) is 50.1 Å². The summed E-state index contributed by atoms with van der Waals surface area (Å²) in [5, 5.41) is 7.77. The van der Waals surface area contributed by atoms with Crippen LogP contribution in [0.1, 0.15) is 28.9 Å². The van der Waals surface area contributed by atoms with Gasteiger partial charge >= 0.3 is 5.97 Å². The van der Waals surface area contributed by atoms with Crippen LogP contribution >= 0.6 is 0 Å². The number of carbonyl (C=O) groups excluding carboxylic acids is 2. The maximum Gasteiger partial charge on any atom is 0.323 e. The highest BCUT2D eigenvalue weighted by molar-refractivity contribution is 5.80. The zero-order chi connectivity index (χ0) is 24.9. The summed E-state index contributed by atoms with van der Waals surface area (Å²) in [4.78, 5) is 27.5. The highest BCUT2D eigenvalue weighted by atomic mass is 16.5. The quantitative estimate of drug-likeness (QED) is 0.503. The number of carbonyl (C=O) groups is 2. The van der Waals surface area contributed by atoms with Gasteiger partial charge in [0.2, 0.25) is 5.91 Å². The van der Waals surface area contributed by atoms with Crippen molar-refractivity contribution >= 4 is 11.9 Å². The second-order valence-corrected chi connectivity index (χ2v) is 8.89. The maximum atomic E-state index is 13.0. The van der Waals surface area contributed by atoms with Crippen molar-refractivity contribution in [2.24, 2.45) is 0 Å². The number of hydrogen-bond acceptors (Lipinski definition) is 6. The molecule has 1 N–H and O–H groups in total. The fraction of sp³-hybridized carbons (Fsp3) is 0.370. The van der Waals surface area contributed by atoms with Crippen LogP contribution in [0.2, 0.25) is 0 Å². The molecule has 2 aromatic carbocycles. The molecule has 4 rings (SSSR count). The van der Waals surface area contributed by atoms with Crippen molar-refractivity contribution in [2.75, 3.05) is 20.8 Å². The number of aryl methyl sites for hydroxylation is 1. The highest BCUT2D eigenvalue weighted by Crippen LogP contribution is 2.24. The second-order valence-electron chi connectivity index (χ2n) is 8.89. The molecule has 1 fully saturated rings. The molecule has 2 heterocycles. The number of aromatic nitrogens is 2. The van der Waals surface area contributed by atoms with Crippen molar-refractivity contribution in [3.05, 3.63) is 77.1 Å². The Morgan fingerprint density at radius 1 is 1.09 bits per heavy atom. The van der Waals surface area contributed by atoms with E-state index < -0.39 is 6.04 Å². The zero-order valence-corrected chi connectivity index (χ0v) is 20.7. The molecule has 0 spiro atoms. The van der Waals surface area contributed by atoms with E-state index >= 15 is 0 Å². The number of rotatable bonds is 8. The van der Waals surface area contributed by atoms with Gasteiger partial charge in [-0.1, -0.05) is 30.3 Å². The van der Waals surface area contributed by atoms with Gasteiger partial charge in [-0.15, -0.1) is 0 Å². The highest BCUT2D eigenvalue weighted by Gasteiger charge is 2.38. The number of hydrogen-bond donors (Lipinski definition) is 1. The Hall–Kier alpha value is -3.65. The van der Waals surface area contributed by atoms with Gasteiger partial charge in [0.1, 0.15) is 11.8 Å². The number of benzene rings is 2. The first-order valence-corrected chi connectivity index (χ1v) is 11.7. The van der Waals surface area contributed by atoms with Crippen LogP contribution in [0, 0.1) is 13.8 Å². The van der Waals surface area contributed by atoms with Crippen molar-refractivity contribution in [2.45, 2.75) is 45.3 Å². The van der Waals surface area contributed by atoms with E-state index in [1.807, 2.05) is 73.1 Å². The lowest BCUT2D eigenvalue weighted by molar-refractivity contribution is -0.146. The van der Waals surface area contributed by atoms with Gasteiger partial charge in [-0.2, -0.15) is 5.10 Å². The summed E-state index contributed by atoms with van der Waals surface area (Å²) in [5.41, 5.74) is 4.69. The Bertz CT molecular complexity index is 1190. The van der Waals surface area contributed by atoms with Gasteiger partial charge in [0.25, 0.3) is 0 Å². The standard InChI is InChI=1S/C27H32N4O4/c1-18-24(19(2)31(29-18)22-10-6-5-7-11-22)15-26(32)28-21-14-25(27(33)35-4)30(17-21)16-20-9-8-12-23(13-20)34-3/h5-13,21,25H,14-17H2,1-4H3,(H,28,32)/t21-,25+/m1/s1. The summed E-state index contributed by atoms with van der Waals surface area (Å²) in [6.45, 7) is 5.03. The van der Waals surface area contributed by atoms with Gasteiger partial charge < -0.3 is 14.8 Å². The molecule has 0 aliphatic carbocycles. The van der Waals surface area contributed by atoms with Gasteiger partial charge in [-0.3, -0.25) is 14.5 Å². The number of para-hydroxylation sites is 1. The van der Waals surface area contributed by atoms with Crippen LogP contribution in [0.25, 0.3) is 5.69 Å². The molecule has 1 aliphatic rings. The van der Waals surface area contributed by atoms with Gasteiger partial charge in [-0.25, -0.2) is 4.68 Å². The van der Waals surface area contributed by atoms with E-state index in [1.54, 1.807) is 7.11 Å². The minimum atomic E-state index is -0.416. The summed E-state index contributed by atoms with van der Waals surface area (Å²) in [6.07, 6.45) is 0.739. The van der Waals surface area contributed by atoms with Gasteiger partial charge in [0.15, 0.2) is 0 Å². The number of amides is 1. The van der Waals surface area contributed by atoms with E-state index in [0.29, 0.717) is 19.5 Å². The van der Waals surface area contributed by atoms with Crippen LogP contribution in [0.15, 0.2) is 54.6 Å². The van der Waals surface area contributed by atoms with Crippen LogP contribution < -0.4 is 10.1 Å². The lowest BCUT2D eigenvalue weighted by atomic mass is 10.1. The lowest BCUT2D eigenvalue weighted by Gasteiger charge is -2.22. The molecule has 1 saturated heterocycles. The van der Waals surface area contributed by atoms with Crippen molar-refractivity contribution in [1.29, 1.82) is 0 Å². The Labute approximate surface area is 205 Å². The Kier molecular flexibility index (Phi) is 7.51. The average Bonchev–Trinajstić information content (AvgIpc) is 3.39. The van der Waals surface area contributed by atoms with E-state index in [0.717, 1.165) is 34.0 Å².